The van der Waals surface area contributed by atoms with Crippen LogP contribution in [0.5, 0.6) is 5.75 Å². The standard InChI is InChI=1S/C19H25N3O3S/c1-13(2)14-7-9-15(10-8-14)24-11-4-6-17(23)20-19-22-21-18(26-19)16-5-3-12-25-16/h7-10,13,16H,3-6,11-12H2,1-2H3,(H,20,22,23). The van der Waals surface area contributed by atoms with Crippen molar-refractivity contribution in [2.75, 3.05) is 18.5 Å². The van der Waals surface area contributed by atoms with Gasteiger partial charge < -0.3 is 14.8 Å². The summed E-state index contributed by atoms with van der Waals surface area (Å²) in [6.07, 6.45) is 3.09. The first-order chi connectivity index (χ1) is 12.6. The number of amides is 1. The molecule has 1 amide bonds. The summed E-state index contributed by atoms with van der Waals surface area (Å²) in [6, 6.07) is 8.11. The largest absolute Gasteiger partial charge is 0.494 e. The Morgan fingerprint density at radius 2 is 2.15 bits per heavy atom. The van der Waals surface area contributed by atoms with Gasteiger partial charge in [-0.05, 0) is 42.9 Å². The summed E-state index contributed by atoms with van der Waals surface area (Å²) >= 11 is 1.39. The molecule has 1 aliphatic heterocycles. The molecule has 1 aromatic carbocycles. The lowest BCUT2D eigenvalue weighted by Crippen LogP contribution is -2.12. The van der Waals surface area contributed by atoms with Crippen molar-refractivity contribution in [3.8, 4) is 5.75 Å². The third kappa shape index (κ3) is 5.25. The van der Waals surface area contributed by atoms with Gasteiger partial charge in [0.25, 0.3) is 0 Å². The molecule has 1 N–H and O–H groups in total. The Kier molecular flexibility index (Phi) is 6.57. The van der Waals surface area contributed by atoms with Crippen molar-refractivity contribution in [1.29, 1.82) is 0 Å². The summed E-state index contributed by atoms with van der Waals surface area (Å²) in [5.74, 6) is 1.27. The molecule has 1 atom stereocenters. The van der Waals surface area contributed by atoms with E-state index in [1.165, 1.54) is 16.9 Å². The highest BCUT2D eigenvalue weighted by Gasteiger charge is 2.22. The van der Waals surface area contributed by atoms with Crippen molar-refractivity contribution in [2.45, 2.75) is 51.6 Å². The quantitative estimate of drug-likeness (QED) is 0.696. The highest BCUT2D eigenvalue weighted by molar-refractivity contribution is 7.15. The maximum atomic E-state index is 12.0. The lowest BCUT2D eigenvalue weighted by atomic mass is 10.0. The van der Waals surface area contributed by atoms with Crippen LogP contribution in [0.25, 0.3) is 0 Å². The van der Waals surface area contributed by atoms with E-state index in [4.69, 9.17) is 9.47 Å². The third-order valence-electron chi connectivity index (χ3n) is 4.26. The Balaban J connectivity index is 1.36. The van der Waals surface area contributed by atoms with Crippen LogP contribution in [0.3, 0.4) is 0 Å². The summed E-state index contributed by atoms with van der Waals surface area (Å²) in [6.45, 7) is 5.60. The summed E-state index contributed by atoms with van der Waals surface area (Å²) in [5, 5.41) is 12.3. The molecule has 140 valence electrons. The van der Waals surface area contributed by atoms with Gasteiger partial charge in [0.1, 0.15) is 16.9 Å². The number of nitrogens with zero attached hydrogens (tertiary/aromatic N) is 2. The highest BCUT2D eigenvalue weighted by Crippen LogP contribution is 2.31. The van der Waals surface area contributed by atoms with E-state index in [2.05, 4.69) is 41.5 Å². The second-order valence-corrected chi connectivity index (χ2v) is 7.68. The SMILES string of the molecule is CC(C)c1ccc(OCCCC(=O)Nc2nnc(C3CCCO3)s2)cc1. The number of anilines is 1. The van der Waals surface area contributed by atoms with E-state index < -0.39 is 0 Å². The van der Waals surface area contributed by atoms with E-state index in [1.54, 1.807) is 0 Å². The number of benzene rings is 1. The highest BCUT2D eigenvalue weighted by atomic mass is 32.1. The molecule has 2 heterocycles. The van der Waals surface area contributed by atoms with Crippen LogP contribution < -0.4 is 10.1 Å². The van der Waals surface area contributed by atoms with Crippen LogP contribution in [0.2, 0.25) is 0 Å². The van der Waals surface area contributed by atoms with Gasteiger partial charge in [0.05, 0.1) is 6.61 Å². The fourth-order valence-electron chi connectivity index (χ4n) is 2.74. The molecule has 7 heteroatoms. The Hall–Kier alpha value is -1.99. The predicted molar refractivity (Wildman–Crippen MR) is 102 cm³/mol. The van der Waals surface area contributed by atoms with Crippen LogP contribution in [-0.4, -0.2) is 29.3 Å². The monoisotopic (exact) mass is 375 g/mol. The molecule has 6 nitrogen and oxygen atoms in total. The lowest BCUT2D eigenvalue weighted by molar-refractivity contribution is -0.116. The van der Waals surface area contributed by atoms with E-state index in [0.29, 0.717) is 30.5 Å². The molecular weight excluding hydrogens is 350 g/mol. The van der Waals surface area contributed by atoms with Gasteiger partial charge in [0, 0.05) is 13.0 Å². The van der Waals surface area contributed by atoms with Crippen LogP contribution in [0.1, 0.15) is 62.1 Å². The number of nitrogens with one attached hydrogen (secondary N) is 1. The van der Waals surface area contributed by atoms with Gasteiger partial charge in [-0.1, -0.05) is 37.3 Å². The van der Waals surface area contributed by atoms with Crippen LogP contribution in [0.4, 0.5) is 5.13 Å². The van der Waals surface area contributed by atoms with E-state index in [-0.39, 0.29) is 12.0 Å². The summed E-state index contributed by atoms with van der Waals surface area (Å²) in [4.78, 5) is 12.0. The van der Waals surface area contributed by atoms with Gasteiger partial charge >= 0.3 is 0 Å². The second kappa shape index (κ2) is 9.09. The number of aromatic nitrogens is 2. The zero-order chi connectivity index (χ0) is 18.4. The second-order valence-electron chi connectivity index (χ2n) is 6.67. The molecule has 1 fully saturated rings. The van der Waals surface area contributed by atoms with E-state index in [1.807, 2.05) is 12.1 Å². The molecule has 1 unspecified atom stereocenters. The Bertz CT molecular complexity index is 709. The lowest BCUT2D eigenvalue weighted by Gasteiger charge is -2.08. The zero-order valence-corrected chi connectivity index (χ0v) is 16.1. The average molecular weight is 375 g/mol. The summed E-state index contributed by atoms with van der Waals surface area (Å²) in [7, 11) is 0. The minimum absolute atomic E-state index is 0.0358. The van der Waals surface area contributed by atoms with Crippen molar-refractivity contribution in [1.82, 2.24) is 10.2 Å². The molecule has 0 radical (unpaired) electrons. The van der Waals surface area contributed by atoms with Gasteiger partial charge in [0.15, 0.2) is 0 Å². The van der Waals surface area contributed by atoms with Gasteiger partial charge in [-0.15, -0.1) is 10.2 Å². The Morgan fingerprint density at radius 1 is 1.35 bits per heavy atom. The number of hydrogen-bond acceptors (Lipinski definition) is 6. The first-order valence-corrected chi connectivity index (χ1v) is 9.91. The molecule has 0 saturated carbocycles. The van der Waals surface area contributed by atoms with Crippen molar-refractivity contribution in [3.05, 3.63) is 34.8 Å². The summed E-state index contributed by atoms with van der Waals surface area (Å²) < 4.78 is 11.3. The minimum atomic E-state index is -0.0706. The van der Waals surface area contributed by atoms with Crippen molar-refractivity contribution >= 4 is 22.4 Å². The average Bonchev–Trinajstić information content (AvgIpc) is 3.30. The van der Waals surface area contributed by atoms with Crippen molar-refractivity contribution < 1.29 is 14.3 Å². The Morgan fingerprint density at radius 3 is 2.85 bits per heavy atom. The van der Waals surface area contributed by atoms with E-state index in [9.17, 15) is 4.79 Å². The van der Waals surface area contributed by atoms with E-state index >= 15 is 0 Å². The molecular formula is C19H25N3O3S. The molecule has 26 heavy (non-hydrogen) atoms. The molecule has 0 bridgehead atoms. The fourth-order valence-corrected chi connectivity index (χ4v) is 3.58. The van der Waals surface area contributed by atoms with Crippen molar-refractivity contribution in [2.24, 2.45) is 0 Å². The van der Waals surface area contributed by atoms with E-state index in [0.717, 1.165) is 30.2 Å². The van der Waals surface area contributed by atoms with Gasteiger partial charge in [-0.3, -0.25) is 4.79 Å². The van der Waals surface area contributed by atoms with Gasteiger partial charge in [-0.25, -0.2) is 0 Å². The smallest absolute Gasteiger partial charge is 0.226 e. The van der Waals surface area contributed by atoms with Gasteiger partial charge in [-0.2, -0.15) is 0 Å². The van der Waals surface area contributed by atoms with Gasteiger partial charge in [0.2, 0.25) is 11.0 Å². The molecule has 1 saturated heterocycles. The number of rotatable bonds is 8. The number of ether oxygens (including phenoxy) is 2. The topological polar surface area (TPSA) is 73.3 Å². The van der Waals surface area contributed by atoms with Crippen LogP contribution >= 0.6 is 11.3 Å². The molecule has 2 aromatic rings. The number of carbonyl (C=O) groups is 1. The minimum Gasteiger partial charge on any atom is -0.494 e. The van der Waals surface area contributed by atoms with Crippen LogP contribution in [0.15, 0.2) is 24.3 Å². The van der Waals surface area contributed by atoms with Crippen LogP contribution in [-0.2, 0) is 9.53 Å². The maximum Gasteiger partial charge on any atom is 0.226 e. The number of carbonyl (C=O) groups excluding carboxylic acids is 1. The molecule has 0 spiro atoms. The normalized spacial score (nSPS) is 16.8. The Labute approximate surface area is 157 Å². The number of hydrogen-bond donors (Lipinski definition) is 1. The fraction of sp³-hybridized carbons (Fsp3) is 0.526. The summed E-state index contributed by atoms with van der Waals surface area (Å²) in [5.41, 5.74) is 1.29. The first-order valence-electron chi connectivity index (χ1n) is 9.09. The molecule has 1 aromatic heterocycles. The maximum absolute atomic E-state index is 12.0. The van der Waals surface area contributed by atoms with Crippen LogP contribution in [0, 0.1) is 0 Å². The predicted octanol–water partition coefficient (Wildman–Crippen LogP) is 4.31. The zero-order valence-electron chi connectivity index (χ0n) is 15.2. The molecule has 1 aliphatic rings. The molecule has 0 aliphatic carbocycles. The third-order valence-corrected chi connectivity index (χ3v) is 5.19. The van der Waals surface area contributed by atoms with Crippen molar-refractivity contribution in [3.63, 3.8) is 0 Å². The molecule has 3 rings (SSSR count). The first kappa shape index (κ1) is 18.8.